The lowest BCUT2D eigenvalue weighted by atomic mass is 10.00. The predicted octanol–water partition coefficient (Wildman–Crippen LogP) is 5.27. The molecule has 0 saturated carbocycles. The third kappa shape index (κ3) is 5.01. The van der Waals surface area contributed by atoms with E-state index in [9.17, 15) is 14.4 Å². The molecule has 3 aromatic carbocycles. The molecule has 7 nitrogen and oxygen atoms in total. The highest BCUT2D eigenvalue weighted by atomic mass is 35.5. The molecule has 4 rings (SSSR count). The van der Waals surface area contributed by atoms with Gasteiger partial charge < -0.3 is 9.47 Å². The van der Waals surface area contributed by atoms with Crippen molar-refractivity contribution in [2.45, 2.75) is 6.42 Å². The molecule has 1 aliphatic rings. The number of rotatable bonds is 6. The van der Waals surface area contributed by atoms with Crippen LogP contribution in [0.3, 0.4) is 0 Å². The third-order valence-electron chi connectivity index (χ3n) is 5.47. The second-order valence-corrected chi connectivity index (χ2v) is 8.42. The van der Waals surface area contributed by atoms with Crippen molar-refractivity contribution in [2.24, 2.45) is 0 Å². The predicted molar refractivity (Wildman–Crippen MR) is 134 cm³/mol. The minimum absolute atomic E-state index is 0.225. The summed E-state index contributed by atoms with van der Waals surface area (Å²) in [6.45, 7) is 0. The Morgan fingerprint density at radius 3 is 2.29 bits per heavy atom. The minimum atomic E-state index is -0.840. The highest BCUT2D eigenvalue weighted by Gasteiger charge is 2.36. The fraction of sp³-hybridized carbons (Fsp3) is 0.115. The molecule has 1 heterocycles. The summed E-state index contributed by atoms with van der Waals surface area (Å²) in [7, 11) is 3.01. The summed E-state index contributed by atoms with van der Waals surface area (Å²) in [5.74, 6) is -0.542. The molecule has 1 N–H and O–H groups in total. The van der Waals surface area contributed by atoms with E-state index in [1.807, 2.05) is 18.2 Å². The Morgan fingerprint density at radius 2 is 1.63 bits per heavy atom. The summed E-state index contributed by atoms with van der Waals surface area (Å²) in [6, 6.07) is 16.2. The van der Waals surface area contributed by atoms with E-state index in [-0.39, 0.29) is 11.3 Å². The quantitative estimate of drug-likeness (QED) is 0.360. The van der Waals surface area contributed by atoms with E-state index in [1.165, 1.54) is 20.3 Å². The number of hydrogen-bond acceptors (Lipinski definition) is 5. The molecule has 1 fully saturated rings. The molecule has 0 bridgehead atoms. The summed E-state index contributed by atoms with van der Waals surface area (Å²) in [5, 5.41) is 3.18. The topological polar surface area (TPSA) is 84.9 Å². The molecule has 0 spiro atoms. The molecule has 1 aliphatic heterocycles. The van der Waals surface area contributed by atoms with Crippen molar-refractivity contribution in [2.75, 3.05) is 19.1 Å². The lowest BCUT2D eigenvalue weighted by Gasteiger charge is -2.26. The minimum Gasteiger partial charge on any atom is -0.497 e. The summed E-state index contributed by atoms with van der Waals surface area (Å²) in [4.78, 5) is 39.0. The molecule has 0 aromatic heterocycles. The Hall–Kier alpha value is -3.81. The van der Waals surface area contributed by atoms with Gasteiger partial charge in [-0.25, -0.2) is 9.69 Å². The zero-order valence-electron chi connectivity index (χ0n) is 18.8. The number of benzene rings is 3. The van der Waals surface area contributed by atoms with Gasteiger partial charge in [0.2, 0.25) is 0 Å². The maximum absolute atomic E-state index is 13.2. The molecule has 0 unspecified atom stereocenters. The van der Waals surface area contributed by atoms with Crippen LogP contribution in [-0.2, 0) is 16.0 Å². The number of anilines is 1. The molecule has 1 saturated heterocycles. The highest BCUT2D eigenvalue weighted by Crippen LogP contribution is 2.33. The van der Waals surface area contributed by atoms with E-state index in [0.29, 0.717) is 39.1 Å². The van der Waals surface area contributed by atoms with Gasteiger partial charge in [0.25, 0.3) is 11.8 Å². The first-order chi connectivity index (χ1) is 16.8. The molecule has 178 valence electrons. The van der Waals surface area contributed by atoms with E-state index >= 15 is 0 Å². The average molecular weight is 511 g/mol. The van der Waals surface area contributed by atoms with Gasteiger partial charge in [-0.05, 0) is 59.7 Å². The largest absolute Gasteiger partial charge is 0.497 e. The number of amides is 4. The lowest BCUT2D eigenvalue weighted by Crippen LogP contribution is -2.54. The fourth-order valence-corrected chi connectivity index (χ4v) is 4.18. The van der Waals surface area contributed by atoms with Gasteiger partial charge in [0.05, 0.1) is 19.9 Å². The van der Waals surface area contributed by atoms with Crippen molar-refractivity contribution < 1.29 is 23.9 Å². The van der Waals surface area contributed by atoms with Crippen molar-refractivity contribution >= 4 is 52.8 Å². The Morgan fingerprint density at radius 1 is 0.914 bits per heavy atom. The van der Waals surface area contributed by atoms with Crippen molar-refractivity contribution in [3.8, 4) is 11.5 Å². The van der Waals surface area contributed by atoms with E-state index in [0.717, 1.165) is 10.5 Å². The van der Waals surface area contributed by atoms with Crippen molar-refractivity contribution in [1.82, 2.24) is 5.32 Å². The summed E-state index contributed by atoms with van der Waals surface area (Å²) in [5.41, 5.74) is 2.10. The molecule has 0 atom stereocenters. The first kappa shape index (κ1) is 24.3. The number of carbonyl (C=O) groups excluding carboxylic acids is 3. The van der Waals surface area contributed by atoms with Crippen LogP contribution < -0.4 is 19.7 Å². The van der Waals surface area contributed by atoms with Gasteiger partial charge in [-0.15, -0.1) is 0 Å². The summed E-state index contributed by atoms with van der Waals surface area (Å²) in [6.07, 6.45) is 1.80. The molecular formula is C26H20Cl2N2O5. The second kappa shape index (κ2) is 10.2. The van der Waals surface area contributed by atoms with Crippen LogP contribution in [0.25, 0.3) is 6.08 Å². The molecule has 35 heavy (non-hydrogen) atoms. The van der Waals surface area contributed by atoms with Crippen LogP contribution in [0.1, 0.15) is 16.7 Å². The van der Waals surface area contributed by atoms with Crippen LogP contribution in [0.5, 0.6) is 11.5 Å². The number of imide groups is 2. The van der Waals surface area contributed by atoms with E-state index in [4.69, 9.17) is 32.7 Å². The highest BCUT2D eigenvalue weighted by molar-refractivity contribution is 6.39. The number of ether oxygens (including phenoxy) is 2. The number of urea groups is 1. The zero-order chi connectivity index (χ0) is 25.1. The SMILES string of the molecule is COc1ccc(N2C(=O)NC(=O)/C(=C\c3cc(Cl)c(Cc4ccccc4Cl)c(OC)c3)C2=O)cc1. The van der Waals surface area contributed by atoms with Crippen LogP contribution in [0.4, 0.5) is 10.5 Å². The van der Waals surface area contributed by atoms with Gasteiger partial charge in [-0.1, -0.05) is 41.4 Å². The zero-order valence-corrected chi connectivity index (χ0v) is 20.3. The monoisotopic (exact) mass is 510 g/mol. The average Bonchev–Trinajstić information content (AvgIpc) is 2.84. The van der Waals surface area contributed by atoms with Gasteiger partial charge >= 0.3 is 6.03 Å². The number of carbonyl (C=O) groups is 3. The van der Waals surface area contributed by atoms with Crippen LogP contribution in [0.2, 0.25) is 10.0 Å². The van der Waals surface area contributed by atoms with Crippen molar-refractivity contribution in [1.29, 1.82) is 0 Å². The summed E-state index contributed by atoms with van der Waals surface area (Å²) >= 11 is 12.9. The standard InChI is InChI=1S/C26H20Cl2N2O5/c1-34-18-9-7-17(8-10-18)30-25(32)20(24(31)29-26(30)33)11-15-12-22(28)19(23(13-15)35-2)14-16-5-3-4-6-21(16)27/h3-13H,14H2,1-2H3,(H,29,31,33)/b20-11+. The number of nitrogens with one attached hydrogen (secondary N) is 1. The van der Waals surface area contributed by atoms with E-state index in [1.54, 1.807) is 42.5 Å². The molecule has 9 heteroatoms. The number of barbiturate groups is 1. The number of nitrogens with zero attached hydrogens (tertiary/aromatic N) is 1. The molecule has 4 amide bonds. The van der Waals surface area contributed by atoms with Crippen molar-refractivity contribution in [3.05, 3.63) is 93.0 Å². The normalized spacial score (nSPS) is 14.8. The van der Waals surface area contributed by atoms with Crippen LogP contribution in [0.15, 0.2) is 66.2 Å². The Labute approximate surface area is 211 Å². The number of hydrogen-bond donors (Lipinski definition) is 1. The maximum atomic E-state index is 13.2. The first-order valence-corrected chi connectivity index (χ1v) is 11.2. The van der Waals surface area contributed by atoms with Gasteiger partial charge in [0.1, 0.15) is 17.1 Å². The number of methoxy groups -OCH3 is 2. The summed E-state index contributed by atoms with van der Waals surface area (Å²) < 4.78 is 10.6. The smallest absolute Gasteiger partial charge is 0.335 e. The van der Waals surface area contributed by atoms with Gasteiger partial charge in [-0.3, -0.25) is 14.9 Å². The maximum Gasteiger partial charge on any atom is 0.335 e. The third-order valence-corrected chi connectivity index (χ3v) is 6.17. The fourth-order valence-electron chi connectivity index (χ4n) is 3.69. The molecule has 0 radical (unpaired) electrons. The van der Waals surface area contributed by atoms with Gasteiger partial charge in [0, 0.05) is 22.0 Å². The number of halogens is 2. The Kier molecular flexibility index (Phi) is 7.10. The Balaban J connectivity index is 1.69. The molecule has 0 aliphatic carbocycles. The van der Waals surface area contributed by atoms with Crippen LogP contribution >= 0.6 is 23.2 Å². The molecule has 3 aromatic rings. The van der Waals surface area contributed by atoms with E-state index in [2.05, 4.69) is 5.32 Å². The molecular weight excluding hydrogens is 491 g/mol. The second-order valence-electron chi connectivity index (χ2n) is 7.61. The Bertz CT molecular complexity index is 1350. The van der Waals surface area contributed by atoms with Crippen molar-refractivity contribution in [3.63, 3.8) is 0 Å². The van der Waals surface area contributed by atoms with Gasteiger partial charge in [-0.2, -0.15) is 0 Å². The first-order valence-electron chi connectivity index (χ1n) is 10.5. The van der Waals surface area contributed by atoms with E-state index < -0.39 is 17.8 Å². The van der Waals surface area contributed by atoms with Crippen LogP contribution in [-0.4, -0.2) is 32.1 Å². The lowest BCUT2D eigenvalue weighted by molar-refractivity contribution is -0.122. The van der Waals surface area contributed by atoms with Crippen LogP contribution in [0, 0.1) is 0 Å². The van der Waals surface area contributed by atoms with Gasteiger partial charge in [0.15, 0.2) is 0 Å².